The lowest BCUT2D eigenvalue weighted by atomic mass is 9.70. The van der Waals surface area contributed by atoms with Crippen molar-refractivity contribution < 1.29 is 0 Å². The van der Waals surface area contributed by atoms with Crippen LogP contribution in [0.1, 0.15) is 60.6 Å². The normalized spacial score (nSPS) is 18.8. The minimum atomic E-state index is -0.409. The van der Waals surface area contributed by atoms with Gasteiger partial charge in [-0.25, -0.2) is 0 Å². The van der Waals surface area contributed by atoms with Gasteiger partial charge in [0.2, 0.25) is 0 Å². The summed E-state index contributed by atoms with van der Waals surface area (Å²) in [6.45, 7) is 7.31. The van der Waals surface area contributed by atoms with Crippen molar-refractivity contribution in [2.45, 2.75) is 43.6 Å². The van der Waals surface area contributed by atoms with Crippen LogP contribution in [0.25, 0.3) is 39.0 Å². The third-order valence-electron chi connectivity index (χ3n) is 13.1. The highest BCUT2D eigenvalue weighted by atomic mass is 15.2. The molecule has 0 N–H and O–H groups in total. The van der Waals surface area contributed by atoms with E-state index in [1.807, 2.05) is 0 Å². The Morgan fingerprint density at radius 2 is 0.926 bits per heavy atom. The predicted octanol–water partition coefficient (Wildman–Crippen LogP) is 13.3. The number of para-hydroxylation sites is 1. The van der Waals surface area contributed by atoms with Crippen LogP contribution in [-0.2, 0) is 10.8 Å². The first-order valence-corrected chi connectivity index (χ1v) is 19.3. The van der Waals surface area contributed by atoms with Crippen molar-refractivity contribution in [2.24, 2.45) is 0 Å². The van der Waals surface area contributed by atoms with Crippen LogP contribution in [0.3, 0.4) is 0 Å². The molecule has 0 radical (unpaired) electrons. The minimum Gasteiger partial charge on any atom is -0.331 e. The molecule has 7 aromatic carbocycles. The lowest BCUT2D eigenvalue weighted by Crippen LogP contribution is -2.45. The molecule has 1 unspecified atom stereocenters. The van der Waals surface area contributed by atoms with E-state index in [1.54, 1.807) is 0 Å². The summed E-state index contributed by atoms with van der Waals surface area (Å²) < 4.78 is 0. The summed E-state index contributed by atoms with van der Waals surface area (Å²) in [7, 11) is 0. The van der Waals surface area contributed by atoms with Crippen molar-refractivity contribution in [1.82, 2.24) is 0 Å². The zero-order valence-electron chi connectivity index (χ0n) is 31.0. The summed E-state index contributed by atoms with van der Waals surface area (Å²) in [5.41, 5.74) is 20.5. The van der Waals surface area contributed by atoms with Crippen LogP contribution in [0.2, 0.25) is 0 Å². The summed E-state index contributed by atoms with van der Waals surface area (Å²) in [5, 5.41) is 0. The number of hydrogen-bond acceptors (Lipinski definition) is 1. The molecular formula is C53H41N. The van der Waals surface area contributed by atoms with Gasteiger partial charge < -0.3 is 4.90 Å². The topological polar surface area (TPSA) is 3.24 Å². The van der Waals surface area contributed by atoms with Gasteiger partial charge in [0.05, 0.1) is 16.6 Å². The average molecular weight is 692 g/mol. The molecule has 0 fully saturated rings. The molecule has 0 aliphatic heterocycles. The molecule has 11 rings (SSSR count). The Labute approximate surface area is 318 Å². The molecule has 1 nitrogen and oxygen atoms in total. The molecule has 0 heterocycles. The van der Waals surface area contributed by atoms with Gasteiger partial charge in [0, 0.05) is 22.2 Å². The number of fused-ring (bicyclic) bond motifs is 12. The first-order chi connectivity index (χ1) is 26.4. The summed E-state index contributed by atoms with van der Waals surface area (Å²) in [5.74, 6) is 0. The number of nitrogens with zero attached hydrogens (tertiary/aromatic N) is 1. The van der Waals surface area contributed by atoms with E-state index >= 15 is 0 Å². The minimum absolute atomic E-state index is 0.0743. The second-order valence-electron chi connectivity index (χ2n) is 16.2. The lowest BCUT2D eigenvalue weighted by molar-refractivity contribution is 0.501. The molecule has 1 atom stereocenters. The third-order valence-corrected chi connectivity index (χ3v) is 13.1. The quantitative estimate of drug-likeness (QED) is 0.178. The van der Waals surface area contributed by atoms with Crippen LogP contribution >= 0.6 is 0 Å². The van der Waals surface area contributed by atoms with E-state index in [4.69, 9.17) is 0 Å². The van der Waals surface area contributed by atoms with E-state index in [-0.39, 0.29) is 11.0 Å². The van der Waals surface area contributed by atoms with Crippen molar-refractivity contribution >= 4 is 16.9 Å². The largest absolute Gasteiger partial charge is 0.331 e. The van der Waals surface area contributed by atoms with Crippen molar-refractivity contribution in [3.63, 3.8) is 0 Å². The van der Waals surface area contributed by atoms with E-state index < -0.39 is 5.41 Å². The Balaban J connectivity index is 1.21. The van der Waals surface area contributed by atoms with Gasteiger partial charge in [-0.3, -0.25) is 0 Å². The Morgan fingerprint density at radius 1 is 0.426 bits per heavy atom. The van der Waals surface area contributed by atoms with Crippen LogP contribution in [-0.4, -0.2) is 5.54 Å². The predicted molar refractivity (Wildman–Crippen MR) is 225 cm³/mol. The van der Waals surface area contributed by atoms with Gasteiger partial charge in [-0.15, -0.1) is 0 Å². The van der Waals surface area contributed by atoms with E-state index in [0.717, 1.165) is 6.42 Å². The first-order valence-electron chi connectivity index (χ1n) is 19.3. The van der Waals surface area contributed by atoms with E-state index in [1.165, 1.54) is 89.3 Å². The molecular weight excluding hydrogens is 651 g/mol. The fourth-order valence-corrected chi connectivity index (χ4v) is 10.8. The van der Waals surface area contributed by atoms with Crippen molar-refractivity contribution in [3.8, 4) is 33.4 Å². The summed E-state index contributed by atoms with van der Waals surface area (Å²) >= 11 is 0. The zero-order valence-corrected chi connectivity index (χ0v) is 31.0. The monoisotopic (exact) mass is 691 g/mol. The van der Waals surface area contributed by atoms with Crippen molar-refractivity contribution in [1.29, 1.82) is 0 Å². The molecule has 0 saturated carbocycles. The summed E-state index contributed by atoms with van der Waals surface area (Å²) in [6.07, 6.45) is 5.85. The second-order valence-corrected chi connectivity index (χ2v) is 16.2. The fraction of sp³-hybridized carbons (Fsp3) is 0.132. The van der Waals surface area contributed by atoms with E-state index in [0.29, 0.717) is 0 Å². The van der Waals surface area contributed by atoms with Crippen LogP contribution < -0.4 is 4.90 Å². The maximum absolute atomic E-state index is 2.70. The highest BCUT2D eigenvalue weighted by Crippen LogP contribution is 2.65. The molecule has 7 aromatic rings. The van der Waals surface area contributed by atoms with Crippen LogP contribution in [0, 0.1) is 0 Å². The van der Waals surface area contributed by atoms with E-state index in [9.17, 15) is 0 Å². The Bertz CT molecular complexity index is 2700. The third kappa shape index (κ3) is 3.99. The lowest BCUT2D eigenvalue weighted by Gasteiger charge is -2.46. The Kier molecular flexibility index (Phi) is 6.48. The number of allylic oxidation sites excluding steroid dienone is 2. The van der Waals surface area contributed by atoms with Gasteiger partial charge in [0.25, 0.3) is 0 Å². The van der Waals surface area contributed by atoms with Gasteiger partial charge in [-0.05, 0) is 92.3 Å². The number of anilines is 2. The van der Waals surface area contributed by atoms with Gasteiger partial charge in [0.15, 0.2) is 0 Å². The zero-order chi connectivity index (χ0) is 36.2. The molecule has 4 aliphatic carbocycles. The van der Waals surface area contributed by atoms with E-state index in [2.05, 4.69) is 208 Å². The van der Waals surface area contributed by atoms with Gasteiger partial charge in [-0.2, -0.15) is 0 Å². The highest BCUT2D eigenvalue weighted by molar-refractivity contribution is 6.01. The van der Waals surface area contributed by atoms with Crippen LogP contribution in [0.15, 0.2) is 188 Å². The van der Waals surface area contributed by atoms with Crippen LogP contribution in [0.4, 0.5) is 11.4 Å². The Hall–Kier alpha value is -6.18. The average Bonchev–Trinajstić information content (AvgIpc) is 3.77. The van der Waals surface area contributed by atoms with Gasteiger partial charge in [0.1, 0.15) is 0 Å². The molecule has 1 spiro atoms. The maximum Gasteiger partial charge on any atom is 0.0726 e. The standard InChI is InChI=1S/C53H41N/c1-51(2)42-25-12-7-21-37(42)40-32-33-52(3,34-47(40)51)54(48-30-16-11-20-36(48)35-18-5-4-6-19-35)49-31-17-29-46-50(49)41-24-10-15-28-45(41)53(46)43-26-13-8-22-38(43)39-23-9-14-27-44(39)53/h4-33H,34H2,1-3H3. The summed E-state index contributed by atoms with van der Waals surface area (Å²) in [6, 6.07) is 63.5. The highest BCUT2D eigenvalue weighted by Gasteiger charge is 2.53. The maximum atomic E-state index is 2.70. The first kappa shape index (κ1) is 31.4. The van der Waals surface area contributed by atoms with Crippen LogP contribution in [0.5, 0.6) is 0 Å². The second kappa shape index (κ2) is 11.2. The molecule has 258 valence electrons. The van der Waals surface area contributed by atoms with Crippen molar-refractivity contribution in [3.05, 3.63) is 221 Å². The van der Waals surface area contributed by atoms with Gasteiger partial charge in [-0.1, -0.05) is 184 Å². The molecule has 0 bridgehead atoms. The smallest absolute Gasteiger partial charge is 0.0726 e. The number of rotatable bonds is 4. The van der Waals surface area contributed by atoms with Crippen molar-refractivity contribution in [2.75, 3.05) is 4.90 Å². The SMILES string of the molecule is CC1(C)C2=C(C=CC(C)(N(c3ccccc3-c3ccccc3)c3cccc4c3-c3ccccc3C43c4ccccc4-c4ccccc43)C2)c2ccccc21. The fourth-order valence-electron chi connectivity index (χ4n) is 10.8. The summed E-state index contributed by atoms with van der Waals surface area (Å²) in [4.78, 5) is 2.70. The molecule has 1 heteroatoms. The molecule has 0 aromatic heterocycles. The number of hydrogen-bond donors (Lipinski definition) is 0. The molecule has 4 aliphatic rings. The molecule has 54 heavy (non-hydrogen) atoms. The van der Waals surface area contributed by atoms with Gasteiger partial charge >= 0.3 is 0 Å². The molecule has 0 saturated heterocycles. The molecule has 0 amide bonds. The Morgan fingerprint density at radius 3 is 1.61 bits per heavy atom. The number of benzene rings is 7.